The van der Waals surface area contributed by atoms with Crippen molar-refractivity contribution in [1.82, 2.24) is 14.9 Å². The molecule has 3 aromatic rings. The van der Waals surface area contributed by atoms with Gasteiger partial charge in [-0.25, -0.2) is 9.97 Å². The van der Waals surface area contributed by atoms with E-state index >= 15 is 0 Å². The van der Waals surface area contributed by atoms with E-state index in [1.807, 2.05) is 54.4 Å². The number of amides is 1. The third-order valence-electron chi connectivity index (χ3n) is 6.05. The number of rotatable bonds is 14. The topological polar surface area (TPSA) is 67.8 Å². The van der Waals surface area contributed by atoms with Crippen molar-refractivity contribution in [3.05, 3.63) is 70.4 Å². The van der Waals surface area contributed by atoms with Gasteiger partial charge in [-0.2, -0.15) is 0 Å². The molecule has 0 unspecified atom stereocenters. The Balaban J connectivity index is 1.65. The summed E-state index contributed by atoms with van der Waals surface area (Å²) >= 11 is 7.86. The minimum absolute atomic E-state index is 0.0814. The normalized spacial score (nSPS) is 10.8. The lowest BCUT2D eigenvalue weighted by Crippen LogP contribution is -2.32. The zero-order valence-electron chi connectivity index (χ0n) is 22.9. The highest BCUT2D eigenvalue weighted by Crippen LogP contribution is 2.28. The molecule has 0 bridgehead atoms. The molecule has 3 rings (SSSR count). The van der Waals surface area contributed by atoms with E-state index in [0.717, 1.165) is 55.8 Å². The molecule has 0 aliphatic carbocycles. The smallest absolute Gasteiger partial charge is 0.253 e. The van der Waals surface area contributed by atoms with Gasteiger partial charge in [0.05, 0.1) is 14.2 Å². The predicted octanol–water partition coefficient (Wildman–Crippen LogP) is 6.38. The highest BCUT2D eigenvalue weighted by molar-refractivity contribution is 7.98. The summed E-state index contributed by atoms with van der Waals surface area (Å²) in [5, 5.41) is 0.995. The Morgan fingerprint density at radius 3 is 2.34 bits per heavy atom. The molecule has 1 heterocycles. The van der Waals surface area contributed by atoms with E-state index in [1.54, 1.807) is 20.3 Å². The molecule has 0 fully saturated rings. The van der Waals surface area contributed by atoms with E-state index < -0.39 is 0 Å². The second-order valence-corrected chi connectivity index (χ2v) is 10.3. The number of methoxy groups -OCH3 is 2. The molecule has 0 N–H and O–H groups in total. The molecule has 0 aliphatic heterocycles. The summed E-state index contributed by atoms with van der Waals surface area (Å²) in [4.78, 5) is 26.1. The fraction of sp³-hybridized carbons (Fsp3) is 0.414. The highest BCUT2D eigenvalue weighted by atomic mass is 35.5. The number of thioether (sulfide) groups is 1. The van der Waals surface area contributed by atoms with Gasteiger partial charge in [0.25, 0.3) is 5.91 Å². The summed E-state index contributed by atoms with van der Waals surface area (Å²) in [5.41, 5.74) is 2.89. The predicted molar refractivity (Wildman–Crippen MR) is 156 cm³/mol. The molecular formula is C29H37ClN4O3S. The van der Waals surface area contributed by atoms with Gasteiger partial charge >= 0.3 is 0 Å². The molecule has 2 aromatic carbocycles. The van der Waals surface area contributed by atoms with Gasteiger partial charge in [0.2, 0.25) is 0 Å². The first-order valence-electron chi connectivity index (χ1n) is 12.9. The number of benzene rings is 2. The lowest BCUT2D eigenvalue weighted by atomic mass is 10.1. The second-order valence-electron chi connectivity index (χ2n) is 8.97. The SMILES string of the molecule is CCCN(CCC)C(=O)c1cccc(CSc2nc(Cl)cc(N(C)CCc3ccc(OC)c(OC)c3)n2)c1. The fourth-order valence-electron chi connectivity index (χ4n) is 4.07. The Bertz CT molecular complexity index is 1200. The van der Waals surface area contributed by atoms with Crippen LogP contribution in [0, 0.1) is 0 Å². The summed E-state index contributed by atoms with van der Waals surface area (Å²) in [6, 6.07) is 15.5. The summed E-state index contributed by atoms with van der Waals surface area (Å²) in [6.45, 7) is 6.46. The van der Waals surface area contributed by atoms with E-state index in [0.29, 0.717) is 33.1 Å². The minimum atomic E-state index is 0.0814. The van der Waals surface area contributed by atoms with Crippen molar-refractivity contribution in [1.29, 1.82) is 0 Å². The molecule has 204 valence electrons. The van der Waals surface area contributed by atoms with Crippen LogP contribution in [0.1, 0.15) is 48.2 Å². The van der Waals surface area contributed by atoms with E-state index in [-0.39, 0.29) is 5.91 Å². The number of anilines is 1. The monoisotopic (exact) mass is 556 g/mol. The number of ether oxygens (including phenoxy) is 2. The van der Waals surface area contributed by atoms with Crippen molar-refractivity contribution >= 4 is 35.1 Å². The summed E-state index contributed by atoms with van der Waals surface area (Å²) in [6.07, 6.45) is 2.69. The summed E-state index contributed by atoms with van der Waals surface area (Å²) in [5.74, 6) is 2.90. The summed E-state index contributed by atoms with van der Waals surface area (Å²) < 4.78 is 10.7. The Morgan fingerprint density at radius 1 is 0.921 bits per heavy atom. The van der Waals surface area contributed by atoms with Gasteiger partial charge in [0.1, 0.15) is 11.0 Å². The number of halogens is 1. The number of carbonyl (C=O) groups is 1. The largest absolute Gasteiger partial charge is 0.493 e. The molecule has 0 aliphatic rings. The molecule has 0 radical (unpaired) electrons. The van der Waals surface area contributed by atoms with E-state index in [9.17, 15) is 4.79 Å². The molecule has 0 spiro atoms. The van der Waals surface area contributed by atoms with Gasteiger partial charge in [-0.1, -0.05) is 55.4 Å². The first-order valence-corrected chi connectivity index (χ1v) is 14.2. The lowest BCUT2D eigenvalue weighted by Gasteiger charge is -2.21. The molecule has 0 atom stereocenters. The van der Waals surface area contributed by atoms with Crippen LogP contribution >= 0.6 is 23.4 Å². The van der Waals surface area contributed by atoms with Gasteiger partial charge in [-0.3, -0.25) is 4.79 Å². The standard InChI is InChI=1S/C29H37ClN4O3S/c1-6-14-34(15-7-2)28(35)23-10-8-9-22(17-23)20-38-29-31-26(30)19-27(32-29)33(3)16-13-21-11-12-24(36-4)25(18-21)37-5/h8-12,17-19H,6-7,13-16,20H2,1-5H3. The highest BCUT2D eigenvalue weighted by Gasteiger charge is 2.15. The molecule has 1 aromatic heterocycles. The van der Waals surface area contributed by atoms with Crippen molar-refractivity contribution in [2.75, 3.05) is 45.8 Å². The number of hydrogen-bond donors (Lipinski definition) is 0. The average molecular weight is 557 g/mol. The molecule has 9 heteroatoms. The molecular weight excluding hydrogens is 520 g/mol. The van der Waals surface area contributed by atoms with Crippen molar-refractivity contribution in [2.24, 2.45) is 0 Å². The van der Waals surface area contributed by atoms with Crippen LogP contribution in [-0.4, -0.2) is 61.7 Å². The first-order chi connectivity index (χ1) is 18.4. The molecule has 1 amide bonds. The van der Waals surface area contributed by atoms with Crippen LogP contribution in [0.5, 0.6) is 11.5 Å². The number of carbonyl (C=O) groups excluding carboxylic acids is 1. The van der Waals surface area contributed by atoms with E-state index in [4.69, 9.17) is 26.1 Å². The quantitative estimate of drug-likeness (QED) is 0.130. The fourth-order valence-corrected chi connectivity index (χ4v) is 5.10. The van der Waals surface area contributed by atoms with Crippen molar-refractivity contribution in [2.45, 2.75) is 44.0 Å². The zero-order chi connectivity index (χ0) is 27.5. The Kier molecular flexibility index (Phi) is 11.5. The van der Waals surface area contributed by atoms with Crippen molar-refractivity contribution in [3.63, 3.8) is 0 Å². The van der Waals surface area contributed by atoms with Crippen LogP contribution in [0.2, 0.25) is 5.15 Å². The molecule has 7 nitrogen and oxygen atoms in total. The zero-order valence-corrected chi connectivity index (χ0v) is 24.4. The number of hydrogen-bond acceptors (Lipinski definition) is 7. The third kappa shape index (κ3) is 8.27. The van der Waals surface area contributed by atoms with Crippen LogP contribution < -0.4 is 14.4 Å². The van der Waals surface area contributed by atoms with Crippen LogP contribution in [0.4, 0.5) is 5.82 Å². The van der Waals surface area contributed by atoms with Crippen LogP contribution in [0.3, 0.4) is 0 Å². The van der Waals surface area contributed by atoms with Crippen molar-refractivity contribution in [3.8, 4) is 11.5 Å². The Morgan fingerprint density at radius 2 is 1.66 bits per heavy atom. The van der Waals surface area contributed by atoms with Gasteiger partial charge in [-0.15, -0.1) is 0 Å². The third-order valence-corrected chi connectivity index (χ3v) is 7.16. The second kappa shape index (κ2) is 14.8. The van der Waals surface area contributed by atoms with Gasteiger partial charge in [0.15, 0.2) is 16.7 Å². The van der Waals surface area contributed by atoms with Crippen LogP contribution in [0.25, 0.3) is 0 Å². The first kappa shape index (κ1) is 29.6. The molecule has 0 saturated heterocycles. The Hall–Kier alpha value is -2.97. The van der Waals surface area contributed by atoms with E-state index in [1.165, 1.54) is 11.8 Å². The molecule has 38 heavy (non-hydrogen) atoms. The maximum atomic E-state index is 13.0. The van der Waals surface area contributed by atoms with Gasteiger partial charge in [0, 0.05) is 44.1 Å². The maximum Gasteiger partial charge on any atom is 0.253 e. The summed E-state index contributed by atoms with van der Waals surface area (Å²) in [7, 11) is 5.25. The minimum Gasteiger partial charge on any atom is -0.493 e. The van der Waals surface area contributed by atoms with Gasteiger partial charge < -0.3 is 19.3 Å². The van der Waals surface area contributed by atoms with Crippen LogP contribution in [-0.2, 0) is 12.2 Å². The maximum absolute atomic E-state index is 13.0. The Labute approximate surface area is 235 Å². The van der Waals surface area contributed by atoms with Crippen molar-refractivity contribution < 1.29 is 14.3 Å². The lowest BCUT2D eigenvalue weighted by molar-refractivity contribution is 0.0755. The number of nitrogens with zero attached hydrogens (tertiary/aromatic N) is 4. The van der Waals surface area contributed by atoms with E-state index in [2.05, 4.69) is 23.7 Å². The molecule has 0 saturated carbocycles. The average Bonchev–Trinajstić information content (AvgIpc) is 2.94. The van der Waals surface area contributed by atoms with Crippen LogP contribution in [0.15, 0.2) is 53.7 Å². The number of likely N-dealkylation sites (N-methyl/N-ethyl adjacent to an activating group) is 1. The van der Waals surface area contributed by atoms with Gasteiger partial charge in [-0.05, 0) is 54.7 Å². The number of aromatic nitrogens is 2.